The van der Waals surface area contributed by atoms with Gasteiger partial charge in [-0.25, -0.2) is 14.6 Å². The van der Waals surface area contributed by atoms with Crippen LogP contribution in [0.2, 0.25) is 0 Å². The first-order valence-electron chi connectivity index (χ1n) is 14.9. The monoisotopic (exact) mass is 568 g/mol. The summed E-state index contributed by atoms with van der Waals surface area (Å²) in [7, 11) is 3.81. The molecule has 0 spiro atoms. The van der Waals surface area contributed by atoms with E-state index in [4.69, 9.17) is 15.6 Å². The molecule has 10 heteroatoms. The summed E-state index contributed by atoms with van der Waals surface area (Å²) in [5.41, 5.74) is 10.5. The number of nitrogens with one attached hydrogen (secondary N) is 1. The van der Waals surface area contributed by atoms with Crippen LogP contribution in [-0.2, 0) is 11.2 Å². The second-order valence-corrected chi connectivity index (χ2v) is 11.5. The molecule has 2 aromatic carbocycles. The van der Waals surface area contributed by atoms with Crippen LogP contribution in [0.4, 0.5) is 11.5 Å². The topological polar surface area (TPSA) is 114 Å². The average Bonchev–Trinajstić information content (AvgIpc) is 3.42. The van der Waals surface area contributed by atoms with E-state index in [2.05, 4.69) is 36.8 Å². The maximum absolute atomic E-state index is 12.7. The number of amides is 1. The number of nitrogens with two attached hydrogens (primary N) is 1. The molecule has 2 aromatic heterocycles. The van der Waals surface area contributed by atoms with Crippen molar-refractivity contribution in [2.45, 2.75) is 50.6 Å². The predicted octanol–water partition coefficient (Wildman–Crippen LogP) is 4.39. The Morgan fingerprint density at radius 2 is 1.74 bits per heavy atom. The van der Waals surface area contributed by atoms with Gasteiger partial charge in [-0.3, -0.25) is 4.79 Å². The van der Waals surface area contributed by atoms with Gasteiger partial charge in [0.15, 0.2) is 5.65 Å². The highest BCUT2D eigenvalue weighted by Gasteiger charge is 2.30. The molecule has 0 aliphatic carbocycles. The second-order valence-electron chi connectivity index (χ2n) is 11.5. The summed E-state index contributed by atoms with van der Waals surface area (Å²) in [6.07, 6.45) is 7.09. The van der Waals surface area contributed by atoms with E-state index in [0.29, 0.717) is 36.1 Å². The van der Waals surface area contributed by atoms with Gasteiger partial charge in [-0.2, -0.15) is 5.10 Å². The lowest BCUT2D eigenvalue weighted by molar-refractivity contribution is -0.116. The molecule has 2 saturated heterocycles. The summed E-state index contributed by atoms with van der Waals surface area (Å²) >= 11 is 0. The van der Waals surface area contributed by atoms with Gasteiger partial charge < -0.3 is 25.6 Å². The Morgan fingerprint density at radius 1 is 1.00 bits per heavy atom. The van der Waals surface area contributed by atoms with E-state index in [1.807, 2.05) is 48.5 Å². The largest absolute Gasteiger partial charge is 0.495 e. The summed E-state index contributed by atoms with van der Waals surface area (Å²) in [5.74, 6) is 0.899. The Morgan fingerprint density at radius 3 is 2.48 bits per heavy atom. The highest BCUT2D eigenvalue weighted by molar-refractivity contribution is 5.99. The molecular formula is C32H40N8O2. The fourth-order valence-corrected chi connectivity index (χ4v) is 6.36. The van der Waals surface area contributed by atoms with Gasteiger partial charge in [0.25, 0.3) is 0 Å². The molecule has 2 aliphatic heterocycles. The van der Waals surface area contributed by atoms with Crippen molar-refractivity contribution in [1.29, 1.82) is 0 Å². The number of benzene rings is 2. The fourth-order valence-electron chi connectivity index (χ4n) is 6.36. The number of aryl methyl sites for hydroxylation is 1. The van der Waals surface area contributed by atoms with Gasteiger partial charge in [0.05, 0.1) is 24.2 Å². The van der Waals surface area contributed by atoms with Crippen molar-refractivity contribution in [3.8, 4) is 17.0 Å². The zero-order valence-electron chi connectivity index (χ0n) is 24.5. The first-order chi connectivity index (χ1) is 20.5. The van der Waals surface area contributed by atoms with Crippen LogP contribution in [0.15, 0.2) is 54.9 Å². The first kappa shape index (κ1) is 28.1. The fraction of sp³-hybridized carbons (Fsp3) is 0.438. The third kappa shape index (κ3) is 5.96. The standard InChI is InChI=1S/C32H40N8O2/c1-38-16-12-24(13-17-38)39-18-14-25(15-19-39)40-32-29(31(33)34-21-35-32)30(37-40)23-9-10-26(27(20-23)42-2)36-28(41)11-8-22-6-4-3-5-7-22/h3-7,9-10,20-21,24-25H,8,11-19H2,1-2H3,(H,36,41)(H2,33,34,35). The van der Waals surface area contributed by atoms with E-state index in [0.717, 1.165) is 53.8 Å². The molecule has 2 fully saturated rings. The molecule has 4 aromatic rings. The molecule has 10 nitrogen and oxygen atoms in total. The molecule has 0 saturated carbocycles. The lowest BCUT2D eigenvalue weighted by Crippen LogP contribution is -2.47. The lowest BCUT2D eigenvalue weighted by atomic mass is 9.98. The number of fused-ring (bicyclic) bond motifs is 1. The SMILES string of the molecule is COc1cc(-c2nn(C3CCN(C4CCN(C)CC4)CC3)c3ncnc(N)c23)ccc1NC(=O)CCc1ccccc1. The number of hydrogen-bond acceptors (Lipinski definition) is 8. The van der Waals surface area contributed by atoms with Crippen LogP contribution >= 0.6 is 0 Å². The molecule has 42 heavy (non-hydrogen) atoms. The molecule has 0 atom stereocenters. The number of rotatable bonds is 8. The number of carbonyl (C=O) groups excluding carboxylic acids is 1. The zero-order chi connectivity index (χ0) is 29.1. The van der Waals surface area contributed by atoms with E-state index >= 15 is 0 Å². The van der Waals surface area contributed by atoms with Crippen molar-refractivity contribution in [2.75, 3.05) is 51.4 Å². The molecule has 220 valence electrons. The summed E-state index contributed by atoms with van der Waals surface area (Å²) in [5, 5.41) is 8.84. The Balaban J connectivity index is 1.21. The van der Waals surface area contributed by atoms with Crippen molar-refractivity contribution < 1.29 is 9.53 Å². The summed E-state index contributed by atoms with van der Waals surface area (Å²) in [6, 6.07) is 16.6. The Hall–Kier alpha value is -4.02. The average molecular weight is 569 g/mol. The van der Waals surface area contributed by atoms with Crippen LogP contribution in [0.5, 0.6) is 5.75 Å². The van der Waals surface area contributed by atoms with Gasteiger partial charge in [0, 0.05) is 31.1 Å². The summed E-state index contributed by atoms with van der Waals surface area (Å²) < 4.78 is 7.75. The molecule has 3 N–H and O–H groups in total. The summed E-state index contributed by atoms with van der Waals surface area (Å²) in [6.45, 7) is 4.46. The number of nitrogens with zero attached hydrogens (tertiary/aromatic N) is 6. The number of piperidine rings is 2. The van der Waals surface area contributed by atoms with Crippen molar-refractivity contribution >= 4 is 28.4 Å². The van der Waals surface area contributed by atoms with Crippen LogP contribution in [0.3, 0.4) is 0 Å². The number of anilines is 2. The molecule has 0 bridgehead atoms. The quantitative estimate of drug-likeness (QED) is 0.322. The third-order valence-corrected chi connectivity index (χ3v) is 8.80. The van der Waals surface area contributed by atoms with Gasteiger partial charge in [-0.1, -0.05) is 36.4 Å². The van der Waals surface area contributed by atoms with Crippen LogP contribution in [0, 0.1) is 0 Å². The Kier molecular flexibility index (Phi) is 8.34. The molecular weight excluding hydrogens is 528 g/mol. The summed E-state index contributed by atoms with van der Waals surface area (Å²) in [4.78, 5) is 26.7. The maximum atomic E-state index is 12.7. The smallest absolute Gasteiger partial charge is 0.224 e. The number of ether oxygens (including phenoxy) is 1. The van der Waals surface area contributed by atoms with Gasteiger partial charge in [-0.15, -0.1) is 0 Å². The van der Waals surface area contributed by atoms with E-state index in [1.165, 1.54) is 32.3 Å². The molecule has 4 heterocycles. The molecule has 6 rings (SSSR count). The predicted molar refractivity (Wildman–Crippen MR) is 165 cm³/mol. The van der Waals surface area contributed by atoms with E-state index < -0.39 is 0 Å². The Labute approximate surface area is 246 Å². The minimum absolute atomic E-state index is 0.0659. The second kappa shape index (κ2) is 12.5. The van der Waals surface area contributed by atoms with Crippen molar-refractivity contribution in [3.05, 3.63) is 60.4 Å². The molecule has 2 aliphatic rings. The van der Waals surface area contributed by atoms with Gasteiger partial charge >= 0.3 is 0 Å². The third-order valence-electron chi connectivity index (χ3n) is 8.80. The van der Waals surface area contributed by atoms with Crippen molar-refractivity contribution in [1.82, 2.24) is 29.5 Å². The van der Waals surface area contributed by atoms with E-state index in [9.17, 15) is 4.79 Å². The van der Waals surface area contributed by atoms with Crippen LogP contribution < -0.4 is 15.8 Å². The number of carbonyl (C=O) groups is 1. The minimum Gasteiger partial charge on any atom is -0.495 e. The zero-order valence-corrected chi connectivity index (χ0v) is 24.5. The lowest BCUT2D eigenvalue weighted by Gasteiger charge is -2.41. The Bertz CT molecular complexity index is 1520. The number of methoxy groups -OCH3 is 1. The molecule has 0 unspecified atom stereocenters. The number of hydrogen-bond donors (Lipinski definition) is 2. The van der Waals surface area contributed by atoms with Crippen LogP contribution in [0.1, 0.15) is 43.7 Å². The van der Waals surface area contributed by atoms with Crippen LogP contribution in [-0.4, -0.2) is 81.8 Å². The number of aromatic nitrogens is 4. The minimum atomic E-state index is -0.0659. The number of likely N-dealkylation sites (tertiary alicyclic amines) is 2. The maximum Gasteiger partial charge on any atom is 0.224 e. The molecule has 1 amide bonds. The van der Waals surface area contributed by atoms with Crippen molar-refractivity contribution in [3.63, 3.8) is 0 Å². The highest BCUT2D eigenvalue weighted by Crippen LogP contribution is 2.37. The van der Waals surface area contributed by atoms with Crippen LogP contribution in [0.25, 0.3) is 22.3 Å². The van der Waals surface area contributed by atoms with Gasteiger partial charge in [0.1, 0.15) is 23.6 Å². The number of nitrogen functional groups attached to an aromatic ring is 1. The molecule has 0 radical (unpaired) electrons. The van der Waals surface area contributed by atoms with Gasteiger partial charge in [0.2, 0.25) is 5.91 Å². The van der Waals surface area contributed by atoms with E-state index in [1.54, 1.807) is 7.11 Å². The normalized spacial score (nSPS) is 17.5. The van der Waals surface area contributed by atoms with E-state index in [-0.39, 0.29) is 11.9 Å². The highest BCUT2D eigenvalue weighted by atomic mass is 16.5. The van der Waals surface area contributed by atoms with Crippen molar-refractivity contribution in [2.24, 2.45) is 0 Å². The van der Waals surface area contributed by atoms with Gasteiger partial charge in [-0.05, 0) is 69.9 Å². The first-order valence-corrected chi connectivity index (χ1v) is 14.9.